The minimum atomic E-state index is -2.80. The van der Waals surface area contributed by atoms with Gasteiger partial charge in [0.2, 0.25) is 0 Å². The van der Waals surface area contributed by atoms with Gasteiger partial charge in [-0.05, 0) is 58.1 Å². The van der Waals surface area contributed by atoms with Gasteiger partial charge in [-0.25, -0.2) is 0 Å². The minimum absolute atomic E-state index is 0.185. The lowest BCUT2D eigenvalue weighted by atomic mass is 10.0. The molecule has 2 saturated heterocycles. The normalized spacial score (nSPS) is 23.8. The number of anilines is 1. The molecule has 0 bridgehead atoms. The van der Waals surface area contributed by atoms with Crippen molar-refractivity contribution in [1.82, 2.24) is 20.4 Å². The van der Waals surface area contributed by atoms with E-state index in [-0.39, 0.29) is 11.8 Å². The van der Waals surface area contributed by atoms with E-state index in [1.165, 1.54) is 0 Å². The third kappa shape index (κ3) is 7.21. The van der Waals surface area contributed by atoms with Crippen LogP contribution in [0.3, 0.4) is 0 Å². The summed E-state index contributed by atoms with van der Waals surface area (Å²) in [6.07, 6.45) is 2.13. The Bertz CT molecular complexity index is 702. The lowest BCUT2D eigenvalue weighted by Crippen LogP contribution is -2.53. The average Bonchev–Trinajstić information content (AvgIpc) is 2.75. The Hall–Kier alpha value is -2.13. The number of alkyl halides is 2. The fourth-order valence-corrected chi connectivity index (χ4v) is 4.18. The average molecular weight is 439 g/mol. The predicted molar refractivity (Wildman–Crippen MR) is 121 cm³/mol. The van der Waals surface area contributed by atoms with Crippen molar-refractivity contribution in [3.8, 4) is 5.75 Å². The number of guanidine groups is 1. The largest absolute Gasteiger partial charge is 0.435 e. The van der Waals surface area contributed by atoms with Crippen molar-refractivity contribution < 1.29 is 13.5 Å². The molecule has 2 atom stereocenters. The molecule has 0 aliphatic carbocycles. The molecule has 2 heterocycles. The molecule has 174 valence electrons. The van der Waals surface area contributed by atoms with Crippen molar-refractivity contribution in [2.45, 2.75) is 38.5 Å². The van der Waals surface area contributed by atoms with Crippen LogP contribution in [0.4, 0.5) is 14.5 Å². The van der Waals surface area contributed by atoms with Gasteiger partial charge in [0.1, 0.15) is 5.75 Å². The first-order valence-corrected chi connectivity index (χ1v) is 11.2. The van der Waals surface area contributed by atoms with Crippen molar-refractivity contribution in [2.24, 2.45) is 4.99 Å². The van der Waals surface area contributed by atoms with Gasteiger partial charge in [0.25, 0.3) is 0 Å². The molecule has 2 fully saturated rings. The maximum atomic E-state index is 12.4. The molecular weight excluding hydrogens is 402 g/mol. The molecule has 2 N–H and O–H groups in total. The quantitative estimate of drug-likeness (QED) is 0.502. The number of halogens is 2. The van der Waals surface area contributed by atoms with Gasteiger partial charge in [-0.1, -0.05) is 0 Å². The van der Waals surface area contributed by atoms with Gasteiger partial charge >= 0.3 is 6.61 Å². The highest BCUT2D eigenvalue weighted by Crippen LogP contribution is 2.24. The van der Waals surface area contributed by atoms with E-state index in [0.717, 1.165) is 70.3 Å². The van der Waals surface area contributed by atoms with E-state index >= 15 is 0 Å². The third-order valence-electron chi connectivity index (χ3n) is 5.97. The minimum Gasteiger partial charge on any atom is -0.435 e. The number of nitrogens with zero attached hydrogens (tertiary/aromatic N) is 4. The van der Waals surface area contributed by atoms with Crippen LogP contribution in [0.15, 0.2) is 29.3 Å². The lowest BCUT2D eigenvalue weighted by molar-refractivity contribution is -0.0498. The van der Waals surface area contributed by atoms with Gasteiger partial charge in [0, 0.05) is 57.0 Å². The van der Waals surface area contributed by atoms with Crippen LogP contribution in [-0.4, -0.2) is 94.4 Å². The van der Waals surface area contributed by atoms with Crippen LogP contribution >= 0.6 is 0 Å². The Morgan fingerprint density at radius 1 is 1.16 bits per heavy atom. The summed E-state index contributed by atoms with van der Waals surface area (Å²) in [5.41, 5.74) is 1.02. The molecule has 0 spiro atoms. The summed E-state index contributed by atoms with van der Waals surface area (Å²) < 4.78 is 29.2. The Kier molecular flexibility index (Phi) is 8.71. The maximum Gasteiger partial charge on any atom is 0.387 e. The van der Waals surface area contributed by atoms with Gasteiger partial charge < -0.3 is 25.2 Å². The molecule has 3 rings (SSSR count). The second-order valence-corrected chi connectivity index (χ2v) is 8.42. The molecule has 31 heavy (non-hydrogen) atoms. The molecule has 7 nitrogen and oxygen atoms in total. The number of piperidine rings is 1. The van der Waals surface area contributed by atoms with Crippen molar-refractivity contribution in [3.05, 3.63) is 24.3 Å². The standard InChI is InChI=1S/C22H36F2N6O/c1-4-25-22(26-14-19-16-28(2)12-13-29(19)3)27-17-6-5-11-30(15-17)18-7-9-20(10-8-18)31-21(23)24/h7-10,17,19,21H,4-6,11-16H2,1-3H3,(H2,25,26,27). The van der Waals surface area contributed by atoms with E-state index in [1.54, 1.807) is 12.1 Å². The summed E-state index contributed by atoms with van der Waals surface area (Å²) in [5.74, 6) is 1.04. The molecule has 2 aliphatic heterocycles. The zero-order valence-electron chi connectivity index (χ0n) is 18.9. The number of nitrogens with one attached hydrogen (secondary N) is 2. The van der Waals surface area contributed by atoms with Crippen LogP contribution in [0, 0.1) is 0 Å². The van der Waals surface area contributed by atoms with Gasteiger partial charge in [-0.3, -0.25) is 9.89 Å². The van der Waals surface area contributed by atoms with E-state index in [9.17, 15) is 8.78 Å². The summed E-state index contributed by atoms with van der Waals surface area (Å²) in [6.45, 7) is 5.84. The fraction of sp³-hybridized carbons (Fsp3) is 0.682. The maximum absolute atomic E-state index is 12.4. The van der Waals surface area contributed by atoms with E-state index in [2.05, 4.69) is 51.1 Å². The number of benzene rings is 1. The first-order chi connectivity index (χ1) is 14.9. The summed E-state index contributed by atoms with van der Waals surface area (Å²) in [7, 11) is 4.33. The van der Waals surface area contributed by atoms with E-state index in [0.29, 0.717) is 6.04 Å². The second kappa shape index (κ2) is 11.5. The Balaban J connectivity index is 1.57. The molecule has 1 aromatic carbocycles. The van der Waals surface area contributed by atoms with E-state index in [1.807, 2.05) is 12.1 Å². The van der Waals surface area contributed by atoms with Crippen molar-refractivity contribution in [2.75, 3.05) is 64.8 Å². The third-order valence-corrected chi connectivity index (χ3v) is 5.97. The Labute approximate surface area is 184 Å². The molecule has 2 aliphatic rings. The van der Waals surface area contributed by atoms with Crippen LogP contribution in [0.5, 0.6) is 5.75 Å². The van der Waals surface area contributed by atoms with Crippen LogP contribution < -0.4 is 20.3 Å². The lowest BCUT2D eigenvalue weighted by Gasteiger charge is -2.37. The number of likely N-dealkylation sites (N-methyl/N-ethyl adjacent to an activating group) is 2. The molecular formula is C22H36F2N6O. The topological polar surface area (TPSA) is 55.4 Å². The Morgan fingerprint density at radius 3 is 2.65 bits per heavy atom. The second-order valence-electron chi connectivity index (χ2n) is 8.42. The summed E-state index contributed by atoms with van der Waals surface area (Å²) in [5, 5.41) is 6.98. The van der Waals surface area contributed by atoms with E-state index in [4.69, 9.17) is 4.99 Å². The number of rotatable bonds is 7. The number of aliphatic imine (C=N–C) groups is 1. The first-order valence-electron chi connectivity index (χ1n) is 11.2. The highest BCUT2D eigenvalue weighted by molar-refractivity contribution is 5.80. The molecule has 1 aromatic rings. The number of ether oxygens (including phenoxy) is 1. The van der Waals surface area contributed by atoms with Crippen LogP contribution in [0.1, 0.15) is 19.8 Å². The van der Waals surface area contributed by atoms with Crippen LogP contribution in [-0.2, 0) is 0 Å². The molecule has 0 radical (unpaired) electrons. The Morgan fingerprint density at radius 2 is 1.94 bits per heavy atom. The summed E-state index contributed by atoms with van der Waals surface area (Å²) >= 11 is 0. The van der Waals surface area contributed by atoms with Gasteiger partial charge in [0.05, 0.1) is 6.54 Å². The number of hydrogen-bond donors (Lipinski definition) is 2. The SMILES string of the molecule is CCNC(=NCC1CN(C)CCN1C)NC1CCCN(c2ccc(OC(F)F)cc2)C1. The van der Waals surface area contributed by atoms with Gasteiger partial charge in [-0.15, -0.1) is 0 Å². The monoisotopic (exact) mass is 438 g/mol. The highest BCUT2D eigenvalue weighted by atomic mass is 19.3. The molecule has 0 aromatic heterocycles. The predicted octanol–water partition coefficient (Wildman–Crippen LogP) is 2.06. The van der Waals surface area contributed by atoms with Gasteiger partial charge in [0.15, 0.2) is 5.96 Å². The van der Waals surface area contributed by atoms with Crippen LogP contribution in [0.2, 0.25) is 0 Å². The molecule has 0 saturated carbocycles. The summed E-state index contributed by atoms with van der Waals surface area (Å²) in [4.78, 5) is 11.9. The van der Waals surface area contributed by atoms with Crippen LogP contribution in [0.25, 0.3) is 0 Å². The zero-order valence-corrected chi connectivity index (χ0v) is 18.9. The molecule has 9 heteroatoms. The van der Waals surface area contributed by atoms with Crippen molar-refractivity contribution in [1.29, 1.82) is 0 Å². The zero-order chi connectivity index (χ0) is 22.2. The smallest absolute Gasteiger partial charge is 0.387 e. The van der Waals surface area contributed by atoms with Gasteiger partial charge in [-0.2, -0.15) is 8.78 Å². The molecule has 2 unspecified atom stereocenters. The first kappa shape index (κ1) is 23.5. The van der Waals surface area contributed by atoms with Crippen molar-refractivity contribution >= 4 is 11.6 Å². The highest BCUT2D eigenvalue weighted by Gasteiger charge is 2.23. The summed E-state index contributed by atoms with van der Waals surface area (Å²) in [6, 6.07) is 7.58. The molecule has 0 amide bonds. The fourth-order valence-electron chi connectivity index (χ4n) is 4.18. The number of hydrogen-bond acceptors (Lipinski definition) is 5. The van der Waals surface area contributed by atoms with Crippen molar-refractivity contribution in [3.63, 3.8) is 0 Å². The van der Waals surface area contributed by atoms with E-state index < -0.39 is 6.61 Å². The number of piperazine rings is 1.